The van der Waals surface area contributed by atoms with Crippen molar-refractivity contribution in [3.8, 4) is 5.75 Å². The quantitative estimate of drug-likeness (QED) is 0.793. The van der Waals surface area contributed by atoms with E-state index in [0.29, 0.717) is 13.1 Å². The highest BCUT2D eigenvalue weighted by molar-refractivity contribution is 7.86. The van der Waals surface area contributed by atoms with Crippen molar-refractivity contribution in [1.82, 2.24) is 5.06 Å². The average molecular weight is 245 g/mol. The molecule has 1 N–H and O–H groups in total. The molecule has 6 heteroatoms. The lowest BCUT2D eigenvalue weighted by molar-refractivity contribution is -0.0413. The molecule has 0 spiro atoms. The molecule has 0 fully saturated rings. The van der Waals surface area contributed by atoms with Crippen LogP contribution in [0.25, 0.3) is 0 Å². The van der Waals surface area contributed by atoms with Crippen molar-refractivity contribution >= 4 is 10.1 Å². The van der Waals surface area contributed by atoms with Gasteiger partial charge in [0.15, 0.2) is 0 Å². The molecule has 0 aromatic heterocycles. The highest BCUT2D eigenvalue weighted by Crippen LogP contribution is 2.17. The Labute approximate surface area is 95.3 Å². The molecule has 0 heterocycles. The van der Waals surface area contributed by atoms with E-state index in [1.165, 1.54) is 29.3 Å². The third-order valence-corrected chi connectivity index (χ3v) is 3.29. The zero-order valence-electron chi connectivity index (χ0n) is 9.25. The molecule has 1 aromatic carbocycles. The fourth-order valence-corrected chi connectivity index (χ4v) is 2.17. The molecule has 0 saturated carbocycles. The maximum atomic E-state index is 11.7. The molecule has 0 amide bonds. The summed E-state index contributed by atoms with van der Waals surface area (Å²) >= 11 is 0. The van der Waals surface area contributed by atoms with Crippen molar-refractivity contribution in [3.05, 3.63) is 24.3 Å². The number of rotatable bonds is 5. The van der Waals surface area contributed by atoms with Gasteiger partial charge in [0.1, 0.15) is 5.75 Å². The summed E-state index contributed by atoms with van der Waals surface area (Å²) in [6.07, 6.45) is 0. The lowest BCUT2D eigenvalue weighted by Crippen LogP contribution is -2.27. The number of benzene rings is 1. The van der Waals surface area contributed by atoms with Gasteiger partial charge in [-0.2, -0.15) is 17.8 Å². The Morgan fingerprint density at radius 2 is 1.69 bits per heavy atom. The number of hydroxylamine groups is 2. The Balaban J connectivity index is 2.89. The normalized spacial score (nSPS) is 11.9. The second-order valence-corrected chi connectivity index (χ2v) is 4.67. The molecule has 5 nitrogen and oxygen atoms in total. The number of phenolic OH excluding ortho intramolecular Hbond substituents is 1. The number of hydrogen-bond acceptors (Lipinski definition) is 5. The van der Waals surface area contributed by atoms with Gasteiger partial charge in [-0.15, -0.1) is 0 Å². The molecule has 1 aromatic rings. The Morgan fingerprint density at radius 1 is 1.19 bits per heavy atom. The predicted molar refractivity (Wildman–Crippen MR) is 59.3 cm³/mol. The zero-order valence-corrected chi connectivity index (χ0v) is 10.1. The van der Waals surface area contributed by atoms with Crippen molar-refractivity contribution in [1.29, 1.82) is 0 Å². The largest absolute Gasteiger partial charge is 0.508 e. The summed E-state index contributed by atoms with van der Waals surface area (Å²) in [7, 11) is -3.79. The maximum Gasteiger partial charge on any atom is 0.313 e. The van der Waals surface area contributed by atoms with E-state index >= 15 is 0 Å². The van der Waals surface area contributed by atoms with Crippen LogP contribution in [0.5, 0.6) is 5.75 Å². The minimum atomic E-state index is -3.79. The van der Waals surface area contributed by atoms with E-state index in [-0.39, 0.29) is 10.6 Å². The summed E-state index contributed by atoms with van der Waals surface area (Å²) in [6, 6.07) is 5.21. The van der Waals surface area contributed by atoms with Gasteiger partial charge in [0.2, 0.25) is 0 Å². The first-order valence-electron chi connectivity index (χ1n) is 4.98. The van der Waals surface area contributed by atoms with E-state index in [1.807, 2.05) is 0 Å². The molecular formula is C10H15NO4S. The minimum absolute atomic E-state index is 0.0155. The molecule has 1 rings (SSSR count). The van der Waals surface area contributed by atoms with Gasteiger partial charge in [-0.3, -0.25) is 0 Å². The topological polar surface area (TPSA) is 66.8 Å². The summed E-state index contributed by atoms with van der Waals surface area (Å²) in [5.74, 6) is 0.0155. The lowest BCUT2D eigenvalue weighted by Gasteiger charge is -2.16. The molecule has 16 heavy (non-hydrogen) atoms. The molecule has 0 aliphatic heterocycles. The number of nitrogens with zero attached hydrogens (tertiary/aromatic N) is 1. The van der Waals surface area contributed by atoms with Crippen LogP contribution in [0, 0.1) is 0 Å². The molecule has 90 valence electrons. The predicted octanol–water partition coefficient (Wildman–Crippen LogP) is 1.35. The smallest absolute Gasteiger partial charge is 0.313 e. The first kappa shape index (κ1) is 13.0. The highest BCUT2D eigenvalue weighted by Gasteiger charge is 2.18. The third-order valence-electron chi connectivity index (χ3n) is 2.03. The van der Waals surface area contributed by atoms with Crippen LogP contribution >= 0.6 is 0 Å². The van der Waals surface area contributed by atoms with Crippen molar-refractivity contribution in [2.75, 3.05) is 13.1 Å². The summed E-state index contributed by atoms with van der Waals surface area (Å²) < 4.78 is 28.3. The second-order valence-electron chi connectivity index (χ2n) is 3.14. The molecule has 0 aliphatic rings. The van der Waals surface area contributed by atoms with Gasteiger partial charge in [0, 0.05) is 13.1 Å². The van der Waals surface area contributed by atoms with E-state index in [1.54, 1.807) is 13.8 Å². The standard InChI is InChI=1S/C10H15NO4S/c1-3-11(4-2)15-16(13,14)10-7-5-9(12)6-8-10/h5-8,12H,3-4H2,1-2H3. The van der Waals surface area contributed by atoms with Crippen LogP contribution in [0.4, 0.5) is 0 Å². The minimum Gasteiger partial charge on any atom is -0.508 e. The zero-order chi connectivity index (χ0) is 12.2. The second kappa shape index (κ2) is 5.29. The summed E-state index contributed by atoms with van der Waals surface area (Å²) in [6.45, 7) is 4.56. The Morgan fingerprint density at radius 3 is 2.12 bits per heavy atom. The van der Waals surface area contributed by atoms with Gasteiger partial charge < -0.3 is 5.11 Å². The van der Waals surface area contributed by atoms with Crippen LogP contribution in [0.1, 0.15) is 13.8 Å². The molecule has 0 radical (unpaired) electrons. The van der Waals surface area contributed by atoms with E-state index in [0.717, 1.165) is 0 Å². The van der Waals surface area contributed by atoms with E-state index < -0.39 is 10.1 Å². The number of aromatic hydroxyl groups is 1. The molecule has 0 atom stereocenters. The van der Waals surface area contributed by atoms with E-state index in [9.17, 15) is 8.42 Å². The first-order valence-corrected chi connectivity index (χ1v) is 6.39. The number of phenols is 1. The summed E-state index contributed by atoms with van der Waals surface area (Å²) in [5.41, 5.74) is 0. The van der Waals surface area contributed by atoms with Crippen LogP contribution in [0.3, 0.4) is 0 Å². The van der Waals surface area contributed by atoms with E-state index in [4.69, 9.17) is 9.39 Å². The van der Waals surface area contributed by atoms with Crippen LogP contribution in [0.15, 0.2) is 29.2 Å². The first-order chi connectivity index (χ1) is 7.49. The van der Waals surface area contributed by atoms with E-state index in [2.05, 4.69) is 0 Å². The van der Waals surface area contributed by atoms with Crippen molar-refractivity contribution in [2.45, 2.75) is 18.7 Å². The monoisotopic (exact) mass is 245 g/mol. The lowest BCUT2D eigenvalue weighted by atomic mass is 10.3. The van der Waals surface area contributed by atoms with Crippen molar-refractivity contribution < 1.29 is 17.8 Å². The molecular weight excluding hydrogens is 230 g/mol. The third kappa shape index (κ3) is 3.19. The van der Waals surface area contributed by atoms with Crippen LogP contribution in [-0.2, 0) is 14.4 Å². The van der Waals surface area contributed by atoms with Crippen molar-refractivity contribution in [2.24, 2.45) is 0 Å². The van der Waals surface area contributed by atoms with Gasteiger partial charge in [0.25, 0.3) is 0 Å². The van der Waals surface area contributed by atoms with Crippen LogP contribution in [-0.4, -0.2) is 31.7 Å². The molecule has 0 saturated heterocycles. The molecule has 0 bridgehead atoms. The van der Waals surface area contributed by atoms with Gasteiger partial charge in [-0.1, -0.05) is 13.8 Å². The summed E-state index contributed by atoms with van der Waals surface area (Å²) in [4.78, 5) is 0.0252. The van der Waals surface area contributed by atoms with Gasteiger partial charge >= 0.3 is 10.1 Å². The summed E-state index contributed by atoms with van der Waals surface area (Å²) in [5, 5.41) is 10.4. The Bertz CT molecular complexity index is 423. The van der Waals surface area contributed by atoms with Crippen molar-refractivity contribution in [3.63, 3.8) is 0 Å². The van der Waals surface area contributed by atoms with Gasteiger partial charge in [-0.25, -0.2) is 0 Å². The molecule has 0 aliphatic carbocycles. The molecule has 0 unspecified atom stereocenters. The fourth-order valence-electron chi connectivity index (χ4n) is 1.12. The highest BCUT2D eigenvalue weighted by atomic mass is 32.2. The average Bonchev–Trinajstić information content (AvgIpc) is 2.26. The fraction of sp³-hybridized carbons (Fsp3) is 0.400. The maximum absolute atomic E-state index is 11.7. The van der Waals surface area contributed by atoms with Crippen LogP contribution in [0.2, 0.25) is 0 Å². The van der Waals surface area contributed by atoms with Gasteiger partial charge in [0.05, 0.1) is 4.90 Å². The Kier molecular flexibility index (Phi) is 4.28. The van der Waals surface area contributed by atoms with Crippen LogP contribution < -0.4 is 0 Å². The SMILES string of the molecule is CCN(CC)OS(=O)(=O)c1ccc(O)cc1. The van der Waals surface area contributed by atoms with Gasteiger partial charge in [-0.05, 0) is 24.3 Å². The Hall–Kier alpha value is -1.11. The number of hydrogen-bond donors (Lipinski definition) is 1.